The van der Waals surface area contributed by atoms with Crippen LogP contribution in [0.2, 0.25) is 0 Å². The molecule has 12 heteroatoms. The highest BCUT2D eigenvalue weighted by Crippen LogP contribution is 2.35. The average Bonchev–Trinajstić information content (AvgIpc) is 3.35. The molecule has 0 bridgehead atoms. The van der Waals surface area contributed by atoms with Crippen LogP contribution in [0.3, 0.4) is 0 Å². The molecule has 0 radical (unpaired) electrons. The molecule has 1 aliphatic heterocycles. The third-order valence-electron chi connectivity index (χ3n) is 7.02. The van der Waals surface area contributed by atoms with E-state index in [9.17, 15) is 9.18 Å². The Bertz CT molecular complexity index is 1520. The topological polar surface area (TPSA) is 103 Å². The molecule has 4 heterocycles. The number of H-pyrrole nitrogens is 1. The smallest absolute Gasteiger partial charge is 0.262 e. The number of hydrogen-bond acceptors (Lipinski definition) is 8. The van der Waals surface area contributed by atoms with Gasteiger partial charge in [0.2, 0.25) is 5.88 Å². The van der Waals surface area contributed by atoms with E-state index < -0.39 is 23.3 Å². The lowest BCUT2D eigenvalue weighted by molar-refractivity contribution is 0.0799. The first-order chi connectivity index (χ1) is 19.2. The molecule has 40 heavy (non-hydrogen) atoms. The van der Waals surface area contributed by atoms with Crippen LogP contribution in [-0.4, -0.2) is 87.4 Å². The van der Waals surface area contributed by atoms with E-state index in [0.29, 0.717) is 17.9 Å². The summed E-state index contributed by atoms with van der Waals surface area (Å²) in [5, 5.41) is 3.16. The van der Waals surface area contributed by atoms with Gasteiger partial charge in [0.1, 0.15) is 11.9 Å². The van der Waals surface area contributed by atoms with Crippen molar-refractivity contribution in [2.24, 2.45) is 0 Å². The third-order valence-corrected chi connectivity index (χ3v) is 7.02. The Labute approximate surface area is 231 Å². The minimum Gasteiger partial charge on any atom is -0.435 e. The van der Waals surface area contributed by atoms with Gasteiger partial charge in [0, 0.05) is 63.5 Å². The van der Waals surface area contributed by atoms with Crippen LogP contribution < -0.4 is 10.1 Å². The van der Waals surface area contributed by atoms with Gasteiger partial charge in [-0.25, -0.2) is 18.7 Å². The van der Waals surface area contributed by atoms with Crippen molar-refractivity contribution in [2.45, 2.75) is 20.4 Å². The summed E-state index contributed by atoms with van der Waals surface area (Å²) in [6.07, 6.45) is 2.87. The van der Waals surface area contributed by atoms with Crippen molar-refractivity contribution >= 4 is 28.3 Å². The fourth-order valence-corrected chi connectivity index (χ4v) is 4.55. The molecule has 0 atom stereocenters. The highest BCUT2D eigenvalue weighted by atomic mass is 19.1. The van der Waals surface area contributed by atoms with Gasteiger partial charge in [0.05, 0.1) is 23.1 Å². The van der Waals surface area contributed by atoms with Crippen LogP contribution in [-0.2, 0) is 6.54 Å². The first-order valence-corrected chi connectivity index (χ1v) is 13.1. The van der Waals surface area contributed by atoms with Crippen molar-refractivity contribution in [1.29, 1.82) is 0 Å². The molecule has 0 unspecified atom stereocenters. The highest BCUT2D eigenvalue weighted by molar-refractivity contribution is 6.01. The lowest BCUT2D eigenvalue weighted by Crippen LogP contribution is -2.43. The summed E-state index contributed by atoms with van der Waals surface area (Å²) in [5.74, 6) is -2.34. The number of nitrogens with zero attached hydrogens (tertiary/aromatic N) is 6. The van der Waals surface area contributed by atoms with Crippen LogP contribution in [0.5, 0.6) is 11.6 Å². The molecule has 4 aromatic rings. The molecular formula is C28H32F2N8O2. The van der Waals surface area contributed by atoms with Crippen LogP contribution in [0.1, 0.15) is 28.7 Å². The van der Waals surface area contributed by atoms with Gasteiger partial charge in [-0.05, 0) is 39.1 Å². The van der Waals surface area contributed by atoms with Crippen LogP contribution in [0, 0.1) is 18.6 Å². The molecular weight excluding hydrogens is 518 g/mol. The standard InChI is InChI=1S/C28H32F2N8O2/c1-5-37(4)28(39)23-26(35-18-6-7-19(31-14-18)15-38-10-8-36(3)9-11-38)32-16-33-27(23)40-22-13-21(29)25-20(24(22)30)12-17(2)34-25/h6-7,12-14,16,34H,5,8-11,15H2,1-4H3,(H,32,33,35). The molecule has 1 fully saturated rings. The van der Waals surface area contributed by atoms with Gasteiger partial charge in [-0.1, -0.05) is 0 Å². The number of nitrogens with one attached hydrogen (secondary N) is 2. The number of fused-ring (bicyclic) bond motifs is 1. The normalized spacial score (nSPS) is 14.4. The number of amides is 1. The highest BCUT2D eigenvalue weighted by Gasteiger charge is 2.26. The SMILES string of the molecule is CCN(C)C(=O)c1c(Nc2ccc(CN3CCN(C)CC3)nc2)ncnc1Oc1cc(F)c2[nH]c(C)cc2c1F. The fourth-order valence-electron chi connectivity index (χ4n) is 4.55. The number of piperazine rings is 1. The zero-order valence-corrected chi connectivity index (χ0v) is 23.0. The van der Waals surface area contributed by atoms with Crippen molar-refractivity contribution in [2.75, 3.05) is 52.1 Å². The number of aromatic nitrogens is 4. The number of pyridine rings is 1. The number of carbonyl (C=O) groups excluding carboxylic acids is 1. The van der Waals surface area contributed by atoms with Crippen molar-refractivity contribution in [3.05, 3.63) is 65.4 Å². The lowest BCUT2D eigenvalue weighted by Gasteiger charge is -2.32. The molecule has 3 aromatic heterocycles. The van der Waals surface area contributed by atoms with Gasteiger partial charge in [-0.2, -0.15) is 0 Å². The summed E-state index contributed by atoms with van der Waals surface area (Å²) in [5.41, 5.74) is 2.15. The van der Waals surface area contributed by atoms with E-state index in [4.69, 9.17) is 4.74 Å². The fraction of sp³-hybridized carbons (Fsp3) is 0.357. The van der Waals surface area contributed by atoms with E-state index in [1.54, 1.807) is 20.2 Å². The Balaban J connectivity index is 1.43. The van der Waals surface area contributed by atoms with E-state index >= 15 is 4.39 Å². The number of likely N-dealkylation sites (N-methyl/N-ethyl adjacent to an activating group) is 1. The molecule has 1 aromatic carbocycles. The zero-order valence-electron chi connectivity index (χ0n) is 23.0. The molecule has 0 saturated carbocycles. The second-order valence-corrected chi connectivity index (χ2v) is 9.98. The van der Waals surface area contributed by atoms with Gasteiger partial charge in [-0.15, -0.1) is 0 Å². The first kappa shape index (κ1) is 27.4. The summed E-state index contributed by atoms with van der Waals surface area (Å²) in [4.78, 5) is 35.2. The van der Waals surface area contributed by atoms with Crippen LogP contribution >= 0.6 is 0 Å². The summed E-state index contributed by atoms with van der Waals surface area (Å²) >= 11 is 0. The number of halogens is 2. The third kappa shape index (κ3) is 5.73. The largest absolute Gasteiger partial charge is 0.435 e. The number of aromatic amines is 1. The van der Waals surface area contributed by atoms with E-state index in [-0.39, 0.29) is 28.2 Å². The maximum absolute atomic E-state index is 15.3. The summed E-state index contributed by atoms with van der Waals surface area (Å²) < 4.78 is 35.8. The minimum absolute atomic E-state index is 0.0153. The number of carbonyl (C=O) groups is 1. The molecule has 210 valence electrons. The van der Waals surface area contributed by atoms with Crippen molar-refractivity contribution in [1.82, 2.24) is 34.6 Å². The minimum atomic E-state index is -0.767. The molecule has 0 aliphatic carbocycles. The predicted octanol–water partition coefficient (Wildman–Crippen LogP) is 4.31. The molecule has 2 N–H and O–H groups in total. The number of ether oxygens (including phenoxy) is 1. The van der Waals surface area contributed by atoms with E-state index in [2.05, 4.69) is 42.1 Å². The first-order valence-electron chi connectivity index (χ1n) is 13.1. The van der Waals surface area contributed by atoms with Crippen molar-refractivity contribution in [3.8, 4) is 11.6 Å². The number of benzene rings is 1. The zero-order chi connectivity index (χ0) is 28.4. The van der Waals surface area contributed by atoms with Crippen molar-refractivity contribution in [3.63, 3.8) is 0 Å². The van der Waals surface area contributed by atoms with Crippen LogP contribution in [0.25, 0.3) is 10.9 Å². The summed E-state index contributed by atoms with van der Waals surface area (Å²) in [7, 11) is 3.74. The van der Waals surface area contributed by atoms with Gasteiger partial charge in [-0.3, -0.25) is 14.7 Å². The van der Waals surface area contributed by atoms with Gasteiger partial charge >= 0.3 is 0 Å². The predicted molar refractivity (Wildman–Crippen MR) is 148 cm³/mol. The second-order valence-electron chi connectivity index (χ2n) is 9.98. The number of hydrogen-bond donors (Lipinski definition) is 2. The van der Waals surface area contributed by atoms with Gasteiger partial charge in [0.25, 0.3) is 5.91 Å². The molecule has 0 spiro atoms. The van der Waals surface area contributed by atoms with Gasteiger partial charge in [0.15, 0.2) is 23.2 Å². The average molecular weight is 551 g/mol. The number of rotatable bonds is 8. The summed E-state index contributed by atoms with van der Waals surface area (Å²) in [6, 6.07) is 6.20. The molecule has 1 aliphatic rings. The maximum atomic E-state index is 15.3. The molecule has 5 rings (SSSR count). The quantitative estimate of drug-likeness (QED) is 0.335. The summed E-state index contributed by atoms with van der Waals surface area (Å²) in [6.45, 7) is 8.68. The van der Waals surface area contributed by atoms with Crippen LogP contribution in [0.15, 0.2) is 36.8 Å². The number of aryl methyl sites for hydroxylation is 1. The Morgan fingerprint density at radius 3 is 2.62 bits per heavy atom. The Morgan fingerprint density at radius 1 is 1.15 bits per heavy atom. The van der Waals surface area contributed by atoms with Crippen LogP contribution in [0.4, 0.5) is 20.3 Å². The number of anilines is 2. The Hall–Kier alpha value is -4.16. The Morgan fingerprint density at radius 2 is 1.93 bits per heavy atom. The molecule has 1 saturated heterocycles. The van der Waals surface area contributed by atoms with Gasteiger partial charge < -0.3 is 24.8 Å². The monoisotopic (exact) mass is 550 g/mol. The Kier molecular flexibility index (Phi) is 7.90. The van der Waals surface area contributed by atoms with E-state index in [1.165, 1.54) is 17.3 Å². The van der Waals surface area contributed by atoms with E-state index in [0.717, 1.165) is 44.5 Å². The molecule has 1 amide bonds. The second kappa shape index (κ2) is 11.5. The van der Waals surface area contributed by atoms with Crippen molar-refractivity contribution < 1.29 is 18.3 Å². The maximum Gasteiger partial charge on any atom is 0.262 e. The van der Waals surface area contributed by atoms with E-state index in [1.807, 2.05) is 19.1 Å². The lowest BCUT2D eigenvalue weighted by atomic mass is 10.2. The molecule has 10 nitrogen and oxygen atoms in total.